The van der Waals surface area contributed by atoms with Crippen molar-refractivity contribution in [3.05, 3.63) is 51.7 Å². The van der Waals surface area contributed by atoms with Gasteiger partial charge in [-0.1, -0.05) is 12.1 Å². The summed E-state index contributed by atoms with van der Waals surface area (Å²) in [6.45, 7) is 6.62. The van der Waals surface area contributed by atoms with Crippen molar-refractivity contribution in [2.24, 2.45) is 4.99 Å². The van der Waals surface area contributed by atoms with Crippen molar-refractivity contribution in [2.75, 3.05) is 46.4 Å². The van der Waals surface area contributed by atoms with Crippen LogP contribution in [0.1, 0.15) is 22.3 Å². The standard InChI is InChI=1S/C20H28FN5OS/c1-15-25-18(14-28-15)7-8-23-20(22-2)24-13-19(26-9-11-27-12-10-26)16-3-5-17(21)6-4-16/h3-6,14,19H,7-13H2,1-2H3,(H2,22,23,24). The number of hydrogen-bond acceptors (Lipinski definition) is 5. The van der Waals surface area contributed by atoms with Gasteiger partial charge in [-0.15, -0.1) is 11.3 Å². The molecule has 1 aromatic carbocycles. The number of morpholine rings is 1. The molecule has 2 N–H and O–H groups in total. The maximum absolute atomic E-state index is 13.4. The van der Waals surface area contributed by atoms with Crippen molar-refractivity contribution in [1.82, 2.24) is 20.5 Å². The van der Waals surface area contributed by atoms with Crippen LogP contribution in [0.5, 0.6) is 0 Å². The first kappa shape index (κ1) is 20.7. The van der Waals surface area contributed by atoms with Gasteiger partial charge in [0.1, 0.15) is 5.82 Å². The first-order valence-electron chi connectivity index (χ1n) is 9.58. The molecule has 0 bridgehead atoms. The summed E-state index contributed by atoms with van der Waals surface area (Å²) in [6, 6.07) is 6.89. The Morgan fingerprint density at radius 1 is 1.29 bits per heavy atom. The molecule has 2 aromatic rings. The first-order valence-corrected chi connectivity index (χ1v) is 10.5. The third kappa shape index (κ3) is 5.98. The maximum Gasteiger partial charge on any atom is 0.191 e. The fraction of sp³-hybridized carbons (Fsp3) is 0.500. The number of thiazole rings is 1. The van der Waals surface area contributed by atoms with Crippen molar-refractivity contribution < 1.29 is 9.13 Å². The second-order valence-electron chi connectivity index (χ2n) is 6.70. The second-order valence-corrected chi connectivity index (χ2v) is 7.77. The number of nitrogens with zero attached hydrogens (tertiary/aromatic N) is 3. The van der Waals surface area contributed by atoms with Gasteiger partial charge in [0.05, 0.1) is 30.0 Å². The van der Waals surface area contributed by atoms with Crippen LogP contribution in [0, 0.1) is 12.7 Å². The van der Waals surface area contributed by atoms with Crippen LogP contribution in [0.3, 0.4) is 0 Å². The number of guanidine groups is 1. The number of rotatable bonds is 7. The summed E-state index contributed by atoms with van der Waals surface area (Å²) in [5.74, 6) is 0.541. The van der Waals surface area contributed by atoms with E-state index in [-0.39, 0.29) is 11.9 Å². The average molecular weight is 406 g/mol. The van der Waals surface area contributed by atoms with Gasteiger partial charge in [-0.3, -0.25) is 9.89 Å². The van der Waals surface area contributed by atoms with Crippen LogP contribution in [0.4, 0.5) is 4.39 Å². The van der Waals surface area contributed by atoms with Crippen molar-refractivity contribution >= 4 is 17.3 Å². The van der Waals surface area contributed by atoms with Crippen LogP contribution >= 0.6 is 11.3 Å². The van der Waals surface area contributed by atoms with E-state index in [0.29, 0.717) is 6.54 Å². The predicted molar refractivity (Wildman–Crippen MR) is 111 cm³/mol. The van der Waals surface area contributed by atoms with Gasteiger partial charge in [0.2, 0.25) is 0 Å². The molecule has 1 aromatic heterocycles. The second kappa shape index (κ2) is 10.5. The minimum Gasteiger partial charge on any atom is -0.379 e. The highest BCUT2D eigenvalue weighted by Crippen LogP contribution is 2.21. The van der Waals surface area contributed by atoms with E-state index in [4.69, 9.17) is 4.74 Å². The quantitative estimate of drug-likeness (QED) is 0.547. The highest BCUT2D eigenvalue weighted by atomic mass is 32.1. The lowest BCUT2D eigenvalue weighted by molar-refractivity contribution is 0.0170. The molecular weight excluding hydrogens is 377 g/mol. The molecule has 0 radical (unpaired) electrons. The number of aryl methyl sites for hydroxylation is 1. The summed E-state index contributed by atoms with van der Waals surface area (Å²) in [6.07, 6.45) is 0.857. The Labute approximate surface area is 169 Å². The largest absolute Gasteiger partial charge is 0.379 e. The van der Waals surface area contributed by atoms with E-state index in [9.17, 15) is 4.39 Å². The summed E-state index contributed by atoms with van der Waals surface area (Å²) in [4.78, 5) is 11.2. The molecule has 1 unspecified atom stereocenters. The number of ether oxygens (including phenoxy) is 1. The van der Waals surface area contributed by atoms with Gasteiger partial charge in [0.25, 0.3) is 0 Å². The monoisotopic (exact) mass is 405 g/mol. The topological polar surface area (TPSA) is 61.8 Å². The molecule has 1 fully saturated rings. The molecule has 3 rings (SSSR count). The Morgan fingerprint density at radius 3 is 2.68 bits per heavy atom. The van der Waals surface area contributed by atoms with Gasteiger partial charge in [0.15, 0.2) is 5.96 Å². The lowest BCUT2D eigenvalue weighted by atomic mass is 10.0. The third-order valence-electron chi connectivity index (χ3n) is 4.77. The highest BCUT2D eigenvalue weighted by Gasteiger charge is 2.23. The third-order valence-corrected chi connectivity index (χ3v) is 5.59. The molecule has 1 aliphatic rings. The van der Waals surface area contributed by atoms with Gasteiger partial charge >= 0.3 is 0 Å². The molecule has 8 heteroatoms. The van der Waals surface area contributed by atoms with Gasteiger partial charge in [0, 0.05) is 45.0 Å². The zero-order valence-electron chi connectivity index (χ0n) is 16.4. The fourth-order valence-corrected chi connectivity index (χ4v) is 3.92. The van der Waals surface area contributed by atoms with Crippen LogP contribution < -0.4 is 10.6 Å². The molecule has 0 amide bonds. The van der Waals surface area contributed by atoms with Crippen molar-refractivity contribution in [3.63, 3.8) is 0 Å². The summed E-state index contributed by atoms with van der Waals surface area (Å²) in [5.41, 5.74) is 2.19. The lowest BCUT2D eigenvalue weighted by Gasteiger charge is -2.35. The summed E-state index contributed by atoms with van der Waals surface area (Å²) in [5, 5.41) is 9.94. The van der Waals surface area contributed by atoms with E-state index in [0.717, 1.165) is 61.5 Å². The van der Waals surface area contributed by atoms with Crippen molar-refractivity contribution in [1.29, 1.82) is 0 Å². The fourth-order valence-electron chi connectivity index (χ4n) is 3.28. The van der Waals surface area contributed by atoms with Crippen LogP contribution in [0.2, 0.25) is 0 Å². The minimum absolute atomic E-state index is 0.129. The number of hydrogen-bond donors (Lipinski definition) is 2. The van der Waals surface area contributed by atoms with Crippen LogP contribution in [-0.4, -0.2) is 62.3 Å². The Morgan fingerprint density at radius 2 is 2.04 bits per heavy atom. The van der Waals surface area contributed by atoms with E-state index < -0.39 is 0 Å². The number of halogens is 1. The molecule has 6 nitrogen and oxygen atoms in total. The van der Waals surface area contributed by atoms with E-state index in [1.165, 1.54) is 12.1 Å². The molecule has 152 valence electrons. The average Bonchev–Trinajstić information content (AvgIpc) is 3.14. The molecule has 1 atom stereocenters. The Balaban J connectivity index is 1.56. The summed E-state index contributed by atoms with van der Waals surface area (Å²) in [7, 11) is 1.77. The van der Waals surface area contributed by atoms with E-state index in [2.05, 4.69) is 30.9 Å². The Hall–Kier alpha value is -2.03. The zero-order chi connectivity index (χ0) is 19.8. The summed E-state index contributed by atoms with van der Waals surface area (Å²) < 4.78 is 18.8. The number of aliphatic imine (C=N–C) groups is 1. The van der Waals surface area contributed by atoms with Crippen LogP contribution in [0.15, 0.2) is 34.6 Å². The minimum atomic E-state index is -0.216. The van der Waals surface area contributed by atoms with E-state index in [1.807, 2.05) is 19.1 Å². The molecule has 1 saturated heterocycles. The molecule has 0 spiro atoms. The zero-order valence-corrected chi connectivity index (χ0v) is 17.3. The van der Waals surface area contributed by atoms with Crippen molar-refractivity contribution in [2.45, 2.75) is 19.4 Å². The van der Waals surface area contributed by atoms with Gasteiger partial charge < -0.3 is 15.4 Å². The SMILES string of the molecule is CN=C(NCCc1csc(C)n1)NCC(c1ccc(F)cc1)N1CCOCC1. The predicted octanol–water partition coefficient (Wildman–Crippen LogP) is 2.37. The molecule has 28 heavy (non-hydrogen) atoms. The smallest absolute Gasteiger partial charge is 0.191 e. The summed E-state index contributed by atoms with van der Waals surface area (Å²) >= 11 is 1.67. The molecule has 2 heterocycles. The number of nitrogens with one attached hydrogen (secondary N) is 2. The molecule has 0 aliphatic carbocycles. The molecule has 1 aliphatic heterocycles. The van der Waals surface area contributed by atoms with E-state index in [1.54, 1.807) is 18.4 Å². The first-order chi connectivity index (χ1) is 13.7. The van der Waals surface area contributed by atoms with Gasteiger partial charge in [-0.2, -0.15) is 0 Å². The van der Waals surface area contributed by atoms with Crippen molar-refractivity contribution in [3.8, 4) is 0 Å². The lowest BCUT2D eigenvalue weighted by Crippen LogP contribution is -2.46. The molecule has 0 saturated carbocycles. The van der Waals surface area contributed by atoms with Gasteiger partial charge in [-0.25, -0.2) is 9.37 Å². The number of aromatic nitrogens is 1. The van der Waals surface area contributed by atoms with Crippen LogP contribution in [0.25, 0.3) is 0 Å². The van der Waals surface area contributed by atoms with Gasteiger partial charge in [-0.05, 0) is 24.6 Å². The maximum atomic E-state index is 13.4. The Kier molecular flexibility index (Phi) is 7.76. The van der Waals surface area contributed by atoms with E-state index >= 15 is 0 Å². The Bertz CT molecular complexity index is 758. The normalized spacial score (nSPS) is 16.8. The van der Waals surface area contributed by atoms with Crippen LogP contribution in [-0.2, 0) is 11.2 Å². The number of benzene rings is 1. The highest BCUT2D eigenvalue weighted by molar-refractivity contribution is 7.09. The molecular formula is C20H28FN5OS.